The van der Waals surface area contributed by atoms with Crippen molar-refractivity contribution in [1.82, 2.24) is 30.3 Å². The van der Waals surface area contributed by atoms with Gasteiger partial charge in [0.05, 0.1) is 6.61 Å². The first-order valence-electron chi connectivity index (χ1n) is 9.60. The van der Waals surface area contributed by atoms with Crippen molar-refractivity contribution in [3.8, 4) is 0 Å². The van der Waals surface area contributed by atoms with Crippen LogP contribution in [-0.2, 0) is 30.7 Å². The van der Waals surface area contributed by atoms with Gasteiger partial charge < -0.3 is 19.7 Å². The number of amides is 1. The van der Waals surface area contributed by atoms with Gasteiger partial charge in [0, 0.05) is 36.9 Å². The minimum absolute atomic E-state index is 0.0882. The first-order valence-corrected chi connectivity index (χ1v) is 9.60. The Morgan fingerprint density at radius 3 is 2.93 bits per heavy atom. The van der Waals surface area contributed by atoms with Gasteiger partial charge in [0.1, 0.15) is 12.4 Å². The molecule has 4 rings (SSSR count). The minimum atomic E-state index is -0.145. The Hall–Kier alpha value is -2.26. The van der Waals surface area contributed by atoms with E-state index < -0.39 is 0 Å². The van der Waals surface area contributed by atoms with Crippen molar-refractivity contribution in [1.29, 1.82) is 0 Å². The van der Waals surface area contributed by atoms with Crippen LogP contribution in [0.1, 0.15) is 65.0 Å². The number of carbonyl (C=O) groups is 1. The third kappa shape index (κ3) is 3.49. The van der Waals surface area contributed by atoms with E-state index in [-0.39, 0.29) is 24.5 Å². The van der Waals surface area contributed by atoms with E-state index in [1.807, 2.05) is 4.57 Å². The molecule has 0 aliphatic heterocycles. The van der Waals surface area contributed by atoms with Crippen LogP contribution in [0.25, 0.3) is 0 Å². The van der Waals surface area contributed by atoms with Crippen molar-refractivity contribution >= 4 is 5.91 Å². The van der Waals surface area contributed by atoms with E-state index in [4.69, 9.17) is 4.74 Å². The fourth-order valence-corrected chi connectivity index (χ4v) is 4.06. The Morgan fingerprint density at radius 1 is 1.33 bits per heavy atom. The molecule has 0 unspecified atom stereocenters. The van der Waals surface area contributed by atoms with Gasteiger partial charge in [-0.3, -0.25) is 9.89 Å². The summed E-state index contributed by atoms with van der Waals surface area (Å²) in [5.74, 6) is 1.55. The lowest BCUT2D eigenvalue weighted by molar-refractivity contribution is 0.0900. The van der Waals surface area contributed by atoms with Gasteiger partial charge in [-0.25, -0.2) is 0 Å². The number of aromatic amines is 1. The Labute approximate surface area is 157 Å². The molecule has 2 aliphatic carbocycles. The number of aliphatic hydroxyl groups is 1. The molecular weight excluding hydrogens is 348 g/mol. The van der Waals surface area contributed by atoms with E-state index in [9.17, 15) is 9.90 Å². The molecule has 1 fully saturated rings. The maximum atomic E-state index is 12.6. The number of ether oxygens (including phenoxy) is 1. The third-order valence-electron chi connectivity index (χ3n) is 5.63. The zero-order valence-electron chi connectivity index (χ0n) is 15.6. The van der Waals surface area contributed by atoms with Crippen LogP contribution >= 0.6 is 0 Å². The number of rotatable bonds is 7. The van der Waals surface area contributed by atoms with E-state index in [1.165, 1.54) is 0 Å². The van der Waals surface area contributed by atoms with Crippen molar-refractivity contribution in [2.75, 3.05) is 13.7 Å². The molecule has 3 N–H and O–H groups in total. The molecule has 0 saturated heterocycles. The summed E-state index contributed by atoms with van der Waals surface area (Å²) < 4.78 is 7.06. The number of methoxy groups -OCH3 is 1. The van der Waals surface area contributed by atoms with Crippen molar-refractivity contribution in [3.63, 3.8) is 0 Å². The van der Waals surface area contributed by atoms with Gasteiger partial charge in [0.25, 0.3) is 5.91 Å². The molecule has 0 bridgehead atoms. The first-order chi connectivity index (χ1) is 13.2. The molecule has 9 heteroatoms. The number of fused-ring (bicyclic) bond motifs is 1. The number of nitrogens with one attached hydrogen (secondary N) is 2. The van der Waals surface area contributed by atoms with Crippen LogP contribution in [0, 0.1) is 0 Å². The van der Waals surface area contributed by atoms with Crippen molar-refractivity contribution in [2.45, 2.75) is 63.6 Å². The summed E-state index contributed by atoms with van der Waals surface area (Å²) >= 11 is 0. The third-order valence-corrected chi connectivity index (χ3v) is 5.63. The molecule has 0 spiro atoms. The predicted octanol–water partition coefficient (Wildman–Crippen LogP) is 0.695. The SMILES string of the molecule is COCCn1c(CO)nnc1C1CC(NC(=O)c2n[nH]c3c2CCCC3)C1. The van der Waals surface area contributed by atoms with Gasteiger partial charge in [-0.1, -0.05) is 0 Å². The maximum absolute atomic E-state index is 12.6. The Bertz CT molecular complexity index is 808. The second kappa shape index (κ2) is 7.77. The summed E-state index contributed by atoms with van der Waals surface area (Å²) in [6.45, 7) is 1.00. The first kappa shape index (κ1) is 18.1. The summed E-state index contributed by atoms with van der Waals surface area (Å²) in [7, 11) is 1.64. The Kier molecular flexibility index (Phi) is 5.22. The van der Waals surface area contributed by atoms with Crippen LogP contribution in [0.3, 0.4) is 0 Å². The zero-order valence-corrected chi connectivity index (χ0v) is 15.6. The van der Waals surface area contributed by atoms with Gasteiger partial charge in [0.15, 0.2) is 11.5 Å². The Balaban J connectivity index is 1.37. The van der Waals surface area contributed by atoms with Crippen molar-refractivity contribution < 1.29 is 14.6 Å². The highest BCUT2D eigenvalue weighted by Crippen LogP contribution is 2.36. The number of aromatic nitrogens is 5. The van der Waals surface area contributed by atoms with E-state index in [0.29, 0.717) is 24.7 Å². The van der Waals surface area contributed by atoms with Crippen LogP contribution in [-0.4, -0.2) is 55.7 Å². The lowest BCUT2D eigenvalue weighted by Gasteiger charge is -2.35. The summed E-state index contributed by atoms with van der Waals surface area (Å²) in [4.78, 5) is 12.6. The highest BCUT2D eigenvalue weighted by atomic mass is 16.5. The van der Waals surface area contributed by atoms with Crippen LogP contribution in [0.5, 0.6) is 0 Å². The minimum Gasteiger partial charge on any atom is -0.388 e. The second-order valence-corrected chi connectivity index (χ2v) is 7.35. The van der Waals surface area contributed by atoms with Crippen molar-refractivity contribution in [3.05, 3.63) is 28.6 Å². The molecule has 2 aliphatic rings. The van der Waals surface area contributed by atoms with Gasteiger partial charge in [-0.15, -0.1) is 10.2 Å². The van der Waals surface area contributed by atoms with E-state index in [0.717, 1.165) is 55.6 Å². The van der Waals surface area contributed by atoms with E-state index in [1.54, 1.807) is 7.11 Å². The van der Waals surface area contributed by atoms with E-state index in [2.05, 4.69) is 25.7 Å². The molecule has 1 saturated carbocycles. The summed E-state index contributed by atoms with van der Waals surface area (Å²) in [5, 5.41) is 28.1. The number of nitrogens with zero attached hydrogens (tertiary/aromatic N) is 4. The molecule has 2 aromatic rings. The second-order valence-electron chi connectivity index (χ2n) is 7.35. The molecule has 9 nitrogen and oxygen atoms in total. The molecule has 2 heterocycles. The maximum Gasteiger partial charge on any atom is 0.272 e. The number of hydrogen-bond acceptors (Lipinski definition) is 6. The molecule has 2 aromatic heterocycles. The fraction of sp³-hybridized carbons (Fsp3) is 0.667. The van der Waals surface area contributed by atoms with Gasteiger partial charge in [0.2, 0.25) is 0 Å². The number of H-pyrrole nitrogens is 1. The predicted molar refractivity (Wildman–Crippen MR) is 96.3 cm³/mol. The largest absolute Gasteiger partial charge is 0.388 e. The standard InChI is InChI=1S/C18H26N6O3/c1-27-7-6-24-15(10-25)21-23-17(24)11-8-12(9-11)19-18(26)16-13-4-2-3-5-14(13)20-22-16/h11-12,25H,2-10H2,1H3,(H,19,26)(H,20,22). The van der Waals surface area contributed by atoms with Gasteiger partial charge in [-0.05, 0) is 38.5 Å². The number of aliphatic hydroxyl groups excluding tert-OH is 1. The summed E-state index contributed by atoms with van der Waals surface area (Å²) in [6, 6.07) is 0.114. The average molecular weight is 374 g/mol. The van der Waals surface area contributed by atoms with Crippen LogP contribution < -0.4 is 5.32 Å². The smallest absolute Gasteiger partial charge is 0.272 e. The highest BCUT2D eigenvalue weighted by molar-refractivity contribution is 5.94. The number of carbonyl (C=O) groups excluding carboxylic acids is 1. The summed E-state index contributed by atoms with van der Waals surface area (Å²) in [6.07, 6.45) is 5.80. The number of aryl methyl sites for hydroxylation is 1. The molecule has 1 amide bonds. The van der Waals surface area contributed by atoms with Crippen molar-refractivity contribution in [2.24, 2.45) is 0 Å². The molecule has 0 aromatic carbocycles. The number of hydrogen-bond donors (Lipinski definition) is 3. The lowest BCUT2D eigenvalue weighted by atomic mass is 9.79. The fourth-order valence-electron chi connectivity index (χ4n) is 4.06. The normalized spacial score (nSPS) is 21.6. The van der Waals surface area contributed by atoms with Gasteiger partial charge >= 0.3 is 0 Å². The lowest BCUT2D eigenvalue weighted by Crippen LogP contribution is -2.44. The molecular formula is C18H26N6O3. The molecule has 27 heavy (non-hydrogen) atoms. The highest BCUT2D eigenvalue weighted by Gasteiger charge is 2.36. The molecule has 0 radical (unpaired) electrons. The quantitative estimate of drug-likeness (QED) is 0.656. The van der Waals surface area contributed by atoms with Gasteiger partial charge in [-0.2, -0.15) is 5.10 Å². The molecule has 0 atom stereocenters. The average Bonchev–Trinajstić information content (AvgIpc) is 3.26. The summed E-state index contributed by atoms with van der Waals surface area (Å²) in [5.41, 5.74) is 2.75. The topological polar surface area (TPSA) is 118 Å². The zero-order chi connectivity index (χ0) is 18.8. The monoisotopic (exact) mass is 374 g/mol. The Morgan fingerprint density at radius 2 is 2.15 bits per heavy atom. The molecule has 146 valence electrons. The van der Waals surface area contributed by atoms with Crippen LogP contribution in [0.4, 0.5) is 0 Å². The van der Waals surface area contributed by atoms with E-state index >= 15 is 0 Å². The van der Waals surface area contributed by atoms with Crippen LogP contribution in [0.15, 0.2) is 0 Å². The van der Waals surface area contributed by atoms with Crippen LogP contribution in [0.2, 0.25) is 0 Å².